The fourth-order valence-corrected chi connectivity index (χ4v) is 1.61. The average molecular weight is 215 g/mol. The summed E-state index contributed by atoms with van der Waals surface area (Å²) in [6, 6.07) is 3.22. The summed E-state index contributed by atoms with van der Waals surface area (Å²) in [6.45, 7) is 2.79. The Labute approximate surface area is 88.0 Å². The van der Waals surface area contributed by atoms with Crippen molar-refractivity contribution in [3.63, 3.8) is 0 Å². The molecule has 0 aliphatic heterocycles. The summed E-state index contributed by atoms with van der Waals surface area (Å²) in [6.07, 6.45) is 0. The Kier molecular flexibility index (Phi) is 3.29. The molecule has 0 heterocycles. The van der Waals surface area contributed by atoms with Gasteiger partial charge in [-0.25, -0.2) is 0 Å². The Hall–Kier alpha value is -1.16. The maximum atomic E-state index is 13.5. The van der Waals surface area contributed by atoms with Crippen molar-refractivity contribution in [3.05, 3.63) is 28.8 Å². The van der Waals surface area contributed by atoms with Crippen LogP contribution in [-0.2, 0) is 5.92 Å². The SMILES string of the molecule is COc1c(C)cc(C)cc1C(F)(F)CN. The van der Waals surface area contributed by atoms with E-state index in [0.29, 0.717) is 5.56 Å². The predicted molar refractivity (Wildman–Crippen MR) is 55.4 cm³/mol. The van der Waals surface area contributed by atoms with Crippen LogP contribution in [0.4, 0.5) is 8.78 Å². The van der Waals surface area contributed by atoms with Crippen molar-refractivity contribution in [2.24, 2.45) is 5.73 Å². The van der Waals surface area contributed by atoms with Crippen molar-refractivity contribution in [3.8, 4) is 5.75 Å². The largest absolute Gasteiger partial charge is 0.496 e. The van der Waals surface area contributed by atoms with Crippen LogP contribution in [0, 0.1) is 13.8 Å². The molecule has 0 saturated carbocycles. The summed E-state index contributed by atoms with van der Waals surface area (Å²) >= 11 is 0. The number of hydrogen-bond donors (Lipinski definition) is 1. The van der Waals surface area contributed by atoms with Crippen molar-refractivity contribution in [1.29, 1.82) is 0 Å². The molecule has 2 N–H and O–H groups in total. The highest BCUT2D eigenvalue weighted by Crippen LogP contribution is 2.36. The van der Waals surface area contributed by atoms with Crippen LogP contribution in [0.15, 0.2) is 12.1 Å². The fraction of sp³-hybridized carbons (Fsp3) is 0.455. The molecule has 0 fully saturated rings. The highest BCUT2D eigenvalue weighted by Gasteiger charge is 2.33. The lowest BCUT2D eigenvalue weighted by Gasteiger charge is -2.19. The molecule has 0 bridgehead atoms. The third kappa shape index (κ3) is 2.26. The number of aryl methyl sites for hydroxylation is 2. The summed E-state index contributed by atoms with van der Waals surface area (Å²) in [5.41, 5.74) is 6.39. The number of nitrogens with two attached hydrogens (primary N) is 1. The smallest absolute Gasteiger partial charge is 0.288 e. The molecule has 0 aliphatic rings. The van der Waals surface area contributed by atoms with Gasteiger partial charge >= 0.3 is 0 Å². The minimum absolute atomic E-state index is 0.134. The molecule has 1 aromatic carbocycles. The molecule has 0 unspecified atom stereocenters. The van der Waals surface area contributed by atoms with Crippen LogP contribution in [-0.4, -0.2) is 13.7 Å². The monoisotopic (exact) mass is 215 g/mol. The van der Waals surface area contributed by atoms with Gasteiger partial charge in [0.1, 0.15) is 5.75 Å². The Balaban J connectivity index is 3.39. The molecule has 1 rings (SSSR count). The molecule has 1 aromatic rings. The molecule has 4 heteroatoms. The van der Waals surface area contributed by atoms with E-state index in [9.17, 15) is 8.78 Å². The maximum Gasteiger partial charge on any atom is 0.288 e. The van der Waals surface area contributed by atoms with Crippen LogP contribution in [0.1, 0.15) is 16.7 Å². The van der Waals surface area contributed by atoms with E-state index in [1.54, 1.807) is 19.9 Å². The molecule has 15 heavy (non-hydrogen) atoms. The first-order valence-corrected chi connectivity index (χ1v) is 4.66. The van der Waals surface area contributed by atoms with Gasteiger partial charge in [-0.15, -0.1) is 0 Å². The number of hydrogen-bond acceptors (Lipinski definition) is 2. The highest BCUT2D eigenvalue weighted by molar-refractivity contribution is 5.46. The Morgan fingerprint density at radius 2 is 1.93 bits per heavy atom. The lowest BCUT2D eigenvalue weighted by atomic mass is 10.0. The van der Waals surface area contributed by atoms with Crippen molar-refractivity contribution in [2.45, 2.75) is 19.8 Å². The number of benzene rings is 1. The summed E-state index contributed by atoms with van der Waals surface area (Å²) in [4.78, 5) is 0. The van der Waals surface area contributed by atoms with E-state index < -0.39 is 12.5 Å². The topological polar surface area (TPSA) is 35.2 Å². The maximum absolute atomic E-state index is 13.5. The zero-order chi connectivity index (χ0) is 11.6. The van der Waals surface area contributed by atoms with E-state index >= 15 is 0 Å². The Morgan fingerprint density at radius 3 is 2.40 bits per heavy atom. The van der Waals surface area contributed by atoms with Crippen molar-refractivity contribution < 1.29 is 13.5 Å². The number of halogens is 2. The molecule has 0 saturated heterocycles. The Bertz CT molecular complexity index is 364. The first-order chi connectivity index (χ1) is 6.92. The third-order valence-corrected chi connectivity index (χ3v) is 2.27. The number of ether oxygens (including phenoxy) is 1. The van der Waals surface area contributed by atoms with Gasteiger partial charge in [-0.1, -0.05) is 11.6 Å². The average Bonchev–Trinajstić information content (AvgIpc) is 2.16. The second kappa shape index (κ2) is 4.14. The van der Waals surface area contributed by atoms with Gasteiger partial charge < -0.3 is 10.5 Å². The lowest BCUT2D eigenvalue weighted by molar-refractivity contribution is 0.00354. The van der Waals surface area contributed by atoms with Gasteiger partial charge in [0.05, 0.1) is 19.2 Å². The van der Waals surface area contributed by atoms with Gasteiger partial charge in [0, 0.05) is 0 Å². The first kappa shape index (κ1) is 11.9. The van der Waals surface area contributed by atoms with Gasteiger partial charge in [0.25, 0.3) is 5.92 Å². The van der Waals surface area contributed by atoms with Crippen LogP contribution in [0.5, 0.6) is 5.75 Å². The molecule has 0 atom stereocenters. The number of alkyl halides is 2. The van der Waals surface area contributed by atoms with Crippen LogP contribution in [0.25, 0.3) is 0 Å². The summed E-state index contributed by atoms with van der Waals surface area (Å²) in [5.74, 6) is -2.82. The second-order valence-electron chi connectivity index (χ2n) is 3.57. The number of methoxy groups -OCH3 is 1. The molecule has 0 radical (unpaired) electrons. The molecule has 84 valence electrons. The summed E-state index contributed by atoms with van der Waals surface area (Å²) in [5, 5.41) is 0. The highest BCUT2D eigenvalue weighted by atomic mass is 19.3. The zero-order valence-electron chi connectivity index (χ0n) is 9.10. The summed E-state index contributed by atoms with van der Waals surface area (Å²) < 4.78 is 32.0. The van der Waals surface area contributed by atoms with Gasteiger partial charge in [-0.3, -0.25) is 0 Å². The summed E-state index contributed by atoms with van der Waals surface area (Å²) in [7, 11) is 1.38. The Morgan fingerprint density at radius 1 is 1.33 bits per heavy atom. The minimum Gasteiger partial charge on any atom is -0.496 e. The molecule has 0 aromatic heterocycles. The number of rotatable bonds is 3. The normalized spacial score (nSPS) is 11.6. The first-order valence-electron chi connectivity index (χ1n) is 4.66. The van der Waals surface area contributed by atoms with Crippen molar-refractivity contribution >= 4 is 0 Å². The van der Waals surface area contributed by atoms with E-state index in [4.69, 9.17) is 10.5 Å². The van der Waals surface area contributed by atoms with Crippen molar-refractivity contribution in [1.82, 2.24) is 0 Å². The molecule has 0 spiro atoms. The van der Waals surface area contributed by atoms with Gasteiger partial charge in [0.2, 0.25) is 0 Å². The van der Waals surface area contributed by atoms with E-state index in [-0.39, 0.29) is 11.3 Å². The van der Waals surface area contributed by atoms with Gasteiger partial charge in [-0.2, -0.15) is 8.78 Å². The molecular weight excluding hydrogens is 200 g/mol. The third-order valence-electron chi connectivity index (χ3n) is 2.27. The molecular formula is C11H15F2NO. The molecule has 2 nitrogen and oxygen atoms in total. The van der Waals surface area contributed by atoms with E-state index in [2.05, 4.69) is 0 Å². The quantitative estimate of drug-likeness (QED) is 0.840. The predicted octanol–water partition coefficient (Wildman–Crippen LogP) is 2.36. The second-order valence-corrected chi connectivity index (χ2v) is 3.57. The molecule has 0 amide bonds. The van der Waals surface area contributed by atoms with E-state index in [1.165, 1.54) is 13.2 Å². The standard InChI is InChI=1S/C11H15F2NO/c1-7-4-8(2)10(15-3)9(5-7)11(12,13)6-14/h4-5H,6,14H2,1-3H3. The fourth-order valence-electron chi connectivity index (χ4n) is 1.61. The molecule has 0 aliphatic carbocycles. The van der Waals surface area contributed by atoms with Crippen molar-refractivity contribution in [2.75, 3.05) is 13.7 Å². The van der Waals surface area contributed by atoms with Crippen LogP contribution >= 0.6 is 0 Å². The van der Waals surface area contributed by atoms with Crippen LogP contribution in [0.3, 0.4) is 0 Å². The van der Waals surface area contributed by atoms with Gasteiger partial charge in [-0.05, 0) is 25.5 Å². The van der Waals surface area contributed by atoms with Gasteiger partial charge in [0.15, 0.2) is 0 Å². The van der Waals surface area contributed by atoms with E-state index in [1.807, 2.05) is 0 Å². The van der Waals surface area contributed by atoms with E-state index in [0.717, 1.165) is 5.56 Å². The minimum atomic E-state index is -3.04. The lowest BCUT2D eigenvalue weighted by Crippen LogP contribution is -2.26. The van der Waals surface area contributed by atoms with Crippen LogP contribution < -0.4 is 10.5 Å². The zero-order valence-corrected chi connectivity index (χ0v) is 9.10. The van der Waals surface area contributed by atoms with Crippen LogP contribution in [0.2, 0.25) is 0 Å².